The number of hydrogen-bond acceptors (Lipinski definition) is 5. The summed E-state index contributed by atoms with van der Waals surface area (Å²) in [6, 6.07) is 1.13. The number of nitrogens with zero attached hydrogens (tertiary/aromatic N) is 2. The molecule has 0 aliphatic carbocycles. The molecule has 8 heteroatoms. The summed E-state index contributed by atoms with van der Waals surface area (Å²) in [6.07, 6.45) is -0.339. The normalized spacial score (nSPS) is 18.5. The summed E-state index contributed by atoms with van der Waals surface area (Å²) >= 11 is 0. The van der Waals surface area contributed by atoms with Crippen LogP contribution >= 0.6 is 0 Å². The Morgan fingerprint density at radius 3 is 2.54 bits per heavy atom. The number of carbonyl (C=O) groups is 1. The molecule has 2 rings (SSSR count). The molecule has 1 atom stereocenters. The van der Waals surface area contributed by atoms with Gasteiger partial charge in [-0.05, 0) is 32.4 Å². The molecule has 26 heavy (non-hydrogen) atoms. The zero-order valence-corrected chi connectivity index (χ0v) is 15.3. The zero-order valence-electron chi connectivity index (χ0n) is 15.3. The highest BCUT2D eigenvalue weighted by Crippen LogP contribution is 2.37. The number of halogens is 2. The molecule has 0 aromatic carbocycles. The highest BCUT2D eigenvalue weighted by Gasteiger charge is 2.41. The van der Waals surface area contributed by atoms with Gasteiger partial charge in [-0.2, -0.15) is 0 Å². The van der Waals surface area contributed by atoms with Crippen LogP contribution in [0.2, 0.25) is 0 Å². The summed E-state index contributed by atoms with van der Waals surface area (Å²) in [7, 11) is 0. The quantitative estimate of drug-likeness (QED) is 0.848. The molecule has 6 nitrogen and oxygen atoms in total. The lowest BCUT2D eigenvalue weighted by atomic mass is 9.89. The molecule has 1 fully saturated rings. The molecule has 2 heterocycles. The van der Waals surface area contributed by atoms with Gasteiger partial charge in [0.25, 0.3) is 0 Å². The molecule has 0 saturated carbocycles. The van der Waals surface area contributed by atoms with Gasteiger partial charge in [0.2, 0.25) is 0 Å². The summed E-state index contributed by atoms with van der Waals surface area (Å²) in [6.45, 7) is 5.03. The Hall–Kier alpha value is -1.80. The molecule has 1 aliphatic rings. The van der Waals surface area contributed by atoms with Gasteiger partial charge in [0.1, 0.15) is 17.1 Å². The lowest BCUT2D eigenvalue weighted by molar-refractivity contribution is 0.000454. The first kappa shape index (κ1) is 20.5. The molecule has 1 aliphatic heterocycles. The third-order valence-electron chi connectivity index (χ3n) is 4.21. The molecule has 0 spiro atoms. The maximum Gasteiger partial charge on any atom is 0.410 e. The Kier molecular flexibility index (Phi) is 6.18. The molecule has 1 saturated heterocycles. The Morgan fingerprint density at radius 1 is 1.42 bits per heavy atom. The number of pyridine rings is 1. The third kappa shape index (κ3) is 5.11. The zero-order chi connectivity index (χ0) is 19.5. The summed E-state index contributed by atoms with van der Waals surface area (Å²) in [4.78, 5) is 17.4. The van der Waals surface area contributed by atoms with E-state index in [1.165, 1.54) is 11.1 Å². The maximum atomic E-state index is 15.2. The molecular weight excluding hydrogens is 346 g/mol. The molecule has 146 valence electrons. The Balaban J connectivity index is 2.05. The fraction of sp³-hybridized carbons (Fsp3) is 0.667. The van der Waals surface area contributed by atoms with Crippen LogP contribution in [0, 0.1) is 5.82 Å². The molecule has 1 aromatic rings. The van der Waals surface area contributed by atoms with Gasteiger partial charge in [-0.25, -0.2) is 13.6 Å². The number of alkyl halides is 1. The maximum absolute atomic E-state index is 15.2. The second-order valence-electron chi connectivity index (χ2n) is 7.65. The monoisotopic (exact) mass is 372 g/mol. The van der Waals surface area contributed by atoms with Crippen LogP contribution in [0.4, 0.5) is 13.6 Å². The third-order valence-corrected chi connectivity index (χ3v) is 4.21. The number of ether oxygens (including phenoxy) is 1. The van der Waals surface area contributed by atoms with Crippen molar-refractivity contribution in [3.63, 3.8) is 0 Å². The molecule has 1 amide bonds. The van der Waals surface area contributed by atoms with Crippen LogP contribution in [-0.4, -0.2) is 57.6 Å². The van der Waals surface area contributed by atoms with Gasteiger partial charge >= 0.3 is 6.09 Å². The smallest absolute Gasteiger partial charge is 0.410 e. The van der Waals surface area contributed by atoms with Crippen LogP contribution in [-0.2, 0) is 16.8 Å². The number of carbonyl (C=O) groups excluding carboxylic acids is 1. The Morgan fingerprint density at radius 2 is 2.04 bits per heavy atom. The van der Waals surface area contributed by atoms with E-state index in [2.05, 4.69) is 4.98 Å². The first-order chi connectivity index (χ1) is 12.0. The second kappa shape index (κ2) is 7.84. The molecule has 2 N–H and O–H groups in total. The number of aliphatic hydroxyl groups excluding tert-OH is 2. The van der Waals surface area contributed by atoms with Crippen molar-refractivity contribution in [2.24, 2.45) is 0 Å². The fourth-order valence-corrected chi connectivity index (χ4v) is 2.86. The number of rotatable bonds is 4. The standard InChI is InChI=1S/C18H26F2N2O4/c1-17(2,3)26-16(25)22-6-4-18(20,5-7-22)15-14(19)9-12(10-21-15)8-13(24)11-23/h9-10,13,23-24H,4-8,11H2,1-3H3/t13-/m0/s1. The van der Waals surface area contributed by atoms with E-state index in [-0.39, 0.29) is 38.0 Å². The van der Waals surface area contributed by atoms with Crippen molar-refractivity contribution < 1.29 is 28.5 Å². The van der Waals surface area contributed by atoms with Crippen LogP contribution < -0.4 is 0 Å². The Labute approximate surface area is 151 Å². The van der Waals surface area contributed by atoms with E-state index in [0.29, 0.717) is 5.56 Å². The number of amides is 1. The number of piperidine rings is 1. The van der Waals surface area contributed by atoms with E-state index in [9.17, 15) is 14.3 Å². The minimum absolute atomic E-state index is 0.0341. The van der Waals surface area contributed by atoms with Crippen molar-refractivity contribution in [2.75, 3.05) is 19.7 Å². The largest absolute Gasteiger partial charge is 0.444 e. The van der Waals surface area contributed by atoms with Crippen molar-refractivity contribution in [2.45, 2.75) is 57.4 Å². The summed E-state index contributed by atoms with van der Waals surface area (Å²) in [5, 5.41) is 18.2. The summed E-state index contributed by atoms with van der Waals surface area (Å²) in [5.74, 6) is -0.791. The summed E-state index contributed by atoms with van der Waals surface area (Å²) < 4.78 is 34.9. The van der Waals surface area contributed by atoms with Gasteiger partial charge in [-0.15, -0.1) is 0 Å². The number of hydrogen-bond donors (Lipinski definition) is 2. The lowest BCUT2D eigenvalue weighted by Crippen LogP contribution is -2.45. The minimum Gasteiger partial charge on any atom is -0.444 e. The molecule has 1 aromatic heterocycles. The fourth-order valence-electron chi connectivity index (χ4n) is 2.86. The minimum atomic E-state index is -1.96. The van der Waals surface area contributed by atoms with E-state index >= 15 is 4.39 Å². The van der Waals surface area contributed by atoms with Crippen molar-refractivity contribution >= 4 is 6.09 Å². The molecule has 0 bridgehead atoms. The van der Waals surface area contributed by atoms with E-state index in [1.807, 2.05) is 0 Å². The van der Waals surface area contributed by atoms with Gasteiger partial charge in [0, 0.05) is 38.5 Å². The lowest BCUT2D eigenvalue weighted by Gasteiger charge is -2.36. The van der Waals surface area contributed by atoms with E-state index < -0.39 is 35.9 Å². The molecule has 0 radical (unpaired) electrons. The SMILES string of the molecule is CC(C)(C)OC(=O)N1CCC(F)(c2ncc(C[C@H](O)CO)cc2F)CC1. The first-order valence-electron chi connectivity index (χ1n) is 8.65. The van der Waals surface area contributed by atoms with Crippen molar-refractivity contribution in [3.8, 4) is 0 Å². The molecule has 0 unspecified atom stereocenters. The van der Waals surface area contributed by atoms with Crippen molar-refractivity contribution in [1.82, 2.24) is 9.88 Å². The highest BCUT2D eigenvalue weighted by molar-refractivity contribution is 5.68. The van der Waals surface area contributed by atoms with Crippen molar-refractivity contribution in [1.29, 1.82) is 0 Å². The van der Waals surface area contributed by atoms with Gasteiger partial charge in [0.15, 0.2) is 5.67 Å². The number of aliphatic hydroxyl groups is 2. The predicted molar refractivity (Wildman–Crippen MR) is 90.8 cm³/mol. The topological polar surface area (TPSA) is 82.9 Å². The highest BCUT2D eigenvalue weighted by atomic mass is 19.1. The van der Waals surface area contributed by atoms with Crippen LogP contribution in [0.3, 0.4) is 0 Å². The second-order valence-corrected chi connectivity index (χ2v) is 7.65. The van der Waals surface area contributed by atoms with E-state index in [4.69, 9.17) is 9.84 Å². The van der Waals surface area contributed by atoms with Crippen LogP contribution in [0.15, 0.2) is 12.3 Å². The van der Waals surface area contributed by atoms with Gasteiger partial charge in [0.05, 0.1) is 12.7 Å². The first-order valence-corrected chi connectivity index (χ1v) is 8.65. The van der Waals surface area contributed by atoms with Gasteiger partial charge in [-0.1, -0.05) is 0 Å². The predicted octanol–water partition coefficient (Wildman–Crippen LogP) is 2.31. The summed E-state index contributed by atoms with van der Waals surface area (Å²) in [5.41, 5.74) is -2.51. The van der Waals surface area contributed by atoms with Crippen LogP contribution in [0.5, 0.6) is 0 Å². The van der Waals surface area contributed by atoms with Crippen molar-refractivity contribution in [3.05, 3.63) is 29.3 Å². The van der Waals surface area contributed by atoms with Gasteiger partial charge < -0.3 is 19.8 Å². The van der Waals surface area contributed by atoms with E-state index in [1.54, 1.807) is 20.8 Å². The van der Waals surface area contributed by atoms with E-state index in [0.717, 1.165) is 6.07 Å². The van der Waals surface area contributed by atoms with Gasteiger partial charge in [-0.3, -0.25) is 4.98 Å². The number of aromatic nitrogens is 1. The number of likely N-dealkylation sites (tertiary alicyclic amines) is 1. The van der Waals surface area contributed by atoms with Crippen LogP contribution in [0.1, 0.15) is 44.9 Å². The van der Waals surface area contributed by atoms with Crippen LogP contribution in [0.25, 0.3) is 0 Å². The average Bonchev–Trinajstić information content (AvgIpc) is 2.53. The Bertz CT molecular complexity index is 641. The average molecular weight is 372 g/mol. The molecular formula is C18H26F2N2O4.